The average Bonchev–Trinajstić information content (AvgIpc) is 2.60. The van der Waals surface area contributed by atoms with Gasteiger partial charge in [-0.05, 0) is 44.0 Å². The summed E-state index contributed by atoms with van der Waals surface area (Å²) >= 11 is 3.24. The maximum absolute atomic E-state index is 12.2. The largest absolute Gasteiger partial charge is 0.466 e. The highest BCUT2D eigenvalue weighted by Gasteiger charge is 2.28. The number of sulfonamides is 1. The fourth-order valence-electron chi connectivity index (χ4n) is 2.59. The summed E-state index contributed by atoms with van der Waals surface area (Å²) in [6.07, 6.45) is 1.06. The molecule has 1 heterocycles. The Kier molecular flexibility index (Phi) is 6.97. The number of likely N-dealkylation sites (tertiary alicyclic amines) is 1. The number of carbonyl (C=O) groups excluding carboxylic acids is 2. The summed E-state index contributed by atoms with van der Waals surface area (Å²) in [5, 5.41) is 0. The number of amides is 1. The number of nitrogens with zero attached hydrogens (tertiary/aromatic N) is 1. The van der Waals surface area contributed by atoms with Gasteiger partial charge in [-0.3, -0.25) is 9.59 Å². The molecular formula is C16H21BrN2O5S. The Morgan fingerprint density at radius 2 is 1.84 bits per heavy atom. The van der Waals surface area contributed by atoms with E-state index in [1.54, 1.807) is 24.0 Å². The van der Waals surface area contributed by atoms with Crippen molar-refractivity contribution in [3.8, 4) is 0 Å². The highest BCUT2D eigenvalue weighted by Crippen LogP contribution is 2.19. The molecule has 1 amide bonds. The van der Waals surface area contributed by atoms with Gasteiger partial charge in [0.05, 0.1) is 24.0 Å². The first-order valence-electron chi connectivity index (χ1n) is 8.03. The number of ether oxygens (including phenoxy) is 1. The Balaban J connectivity index is 1.85. The third kappa shape index (κ3) is 5.52. The van der Waals surface area contributed by atoms with Crippen molar-refractivity contribution in [2.45, 2.75) is 24.7 Å². The van der Waals surface area contributed by atoms with Gasteiger partial charge in [-0.25, -0.2) is 13.1 Å². The predicted octanol–water partition coefficient (Wildman–Crippen LogP) is 1.53. The van der Waals surface area contributed by atoms with Crippen LogP contribution in [0.15, 0.2) is 33.6 Å². The van der Waals surface area contributed by atoms with Crippen molar-refractivity contribution in [3.63, 3.8) is 0 Å². The summed E-state index contributed by atoms with van der Waals surface area (Å²) in [6, 6.07) is 6.16. The van der Waals surface area contributed by atoms with Gasteiger partial charge in [0.15, 0.2) is 0 Å². The molecule has 25 heavy (non-hydrogen) atoms. The zero-order valence-electron chi connectivity index (χ0n) is 13.9. The van der Waals surface area contributed by atoms with Gasteiger partial charge in [0, 0.05) is 17.6 Å². The Bertz CT molecular complexity index is 713. The third-order valence-electron chi connectivity index (χ3n) is 4.00. The van der Waals surface area contributed by atoms with Crippen LogP contribution in [0.3, 0.4) is 0 Å². The van der Waals surface area contributed by atoms with Crippen LogP contribution < -0.4 is 4.72 Å². The van der Waals surface area contributed by atoms with Gasteiger partial charge in [0.1, 0.15) is 0 Å². The second-order valence-corrected chi connectivity index (χ2v) is 8.37. The number of hydrogen-bond donors (Lipinski definition) is 1. The van der Waals surface area contributed by atoms with Crippen LogP contribution in [0.1, 0.15) is 19.8 Å². The Morgan fingerprint density at radius 1 is 1.24 bits per heavy atom. The SMILES string of the molecule is CCOC(=O)C1CCN(C(=O)CNS(=O)(=O)c2ccc(Br)cc2)CC1. The van der Waals surface area contributed by atoms with Gasteiger partial charge in [0.2, 0.25) is 15.9 Å². The van der Waals surface area contributed by atoms with Crippen molar-refractivity contribution < 1.29 is 22.7 Å². The van der Waals surface area contributed by atoms with Gasteiger partial charge >= 0.3 is 5.97 Å². The molecule has 7 nitrogen and oxygen atoms in total. The average molecular weight is 433 g/mol. The fraction of sp³-hybridized carbons (Fsp3) is 0.500. The van der Waals surface area contributed by atoms with E-state index in [-0.39, 0.29) is 29.2 Å². The molecule has 1 saturated heterocycles. The van der Waals surface area contributed by atoms with E-state index in [1.807, 2.05) is 0 Å². The highest BCUT2D eigenvalue weighted by atomic mass is 79.9. The van der Waals surface area contributed by atoms with Crippen molar-refractivity contribution in [2.75, 3.05) is 26.2 Å². The smallest absolute Gasteiger partial charge is 0.309 e. The van der Waals surface area contributed by atoms with E-state index in [1.165, 1.54) is 12.1 Å². The minimum atomic E-state index is -3.73. The number of piperidine rings is 1. The Morgan fingerprint density at radius 3 is 2.40 bits per heavy atom. The van der Waals surface area contributed by atoms with Crippen LogP contribution in [-0.4, -0.2) is 51.4 Å². The van der Waals surface area contributed by atoms with Crippen LogP contribution in [0.25, 0.3) is 0 Å². The van der Waals surface area contributed by atoms with Crippen molar-refractivity contribution in [2.24, 2.45) is 5.92 Å². The molecule has 0 atom stereocenters. The fourth-order valence-corrected chi connectivity index (χ4v) is 3.83. The predicted molar refractivity (Wildman–Crippen MR) is 95.3 cm³/mol. The molecular weight excluding hydrogens is 412 g/mol. The monoisotopic (exact) mass is 432 g/mol. The molecule has 0 radical (unpaired) electrons. The highest BCUT2D eigenvalue weighted by molar-refractivity contribution is 9.10. The van der Waals surface area contributed by atoms with E-state index in [0.29, 0.717) is 32.5 Å². The maximum atomic E-state index is 12.2. The normalized spacial score (nSPS) is 15.8. The first-order chi connectivity index (χ1) is 11.8. The molecule has 1 N–H and O–H groups in total. The van der Waals surface area contributed by atoms with Gasteiger partial charge in [0.25, 0.3) is 0 Å². The summed E-state index contributed by atoms with van der Waals surface area (Å²) in [6.45, 7) is 2.64. The quantitative estimate of drug-likeness (QED) is 0.687. The first-order valence-corrected chi connectivity index (χ1v) is 10.3. The molecule has 0 unspecified atom stereocenters. The topological polar surface area (TPSA) is 92.8 Å². The lowest BCUT2D eigenvalue weighted by Crippen LogP contribution is -2.45. The molecule has 0 aliphatic carbocycles. The minimum Gasteiger partial charge on any atom is -0.466 e. The van der Waals surface area contributed by atoms with Gasteiger partial charge < -0.3 is 9.64 Å². The Labute approximate surface area is 155 Å². The maximum Gasteiger partial charge on any atom is 0.309 e. The number of carbonyl (C=O) groups is 2. The number of benzene rings is 1. The van der Waals surface area contributed by atoms with Crippen LogP contribution in [0, 0.1) is 5.92 Å². The molecule has 1 aliphatic heterocycles. The second kappa shape index (κ2) is 8.77. The Hall–Kier alpha value is -1.45. The summed E-state index contributed by atoms with van der Waals surface area (Å²) in [7, 11) is -3.73. The standard InChI is InChI=1S/C16H21BrN2O5S/c1-2-24-16(21)12-7-9-19(10-8-12)15(20)11-18-25(22,23)14-5-3-13(17)4-6-14/h3-6,12,18H,2,7-11H2,1H3. The number of nitrogens with one attached hydrogen (secondary N) is 1. The first kappa shape index (κ1) is 19.9. The summed E-state index contributed by atoms with van der Waals surface area (Å²) in [5.41, 5.74) is 0. The summed E-state index contributed by atoms with van der Waals surface area (Å²) in [4.78, 5) is 25.6. The van der Waals surface area contributed by atoms with Gasteiger partial charge in [-0.2, -0.15) is 0 Å². The van der Waals surface area contributed by atoms with Crippen molar-refractivity contribution >= 4 is 37.8 Å². The number of hydrogen-bond acceptors (Lipinski definition) is 5. The summed E-state index contributed by atoms with van der Waals surface area (Å²) < 4.78 is 32.5. The van der Waals surface area contributed by atoms with E-state index in [2.05, 4.69) is 20.7 Å². The van der Waals surface area contributed by atoms with Gasteiger partial charge in [-0.1, -0.05) is 15.9 Å². The van der Waals surface area contributed by atoms with Crippen molar-refractivity contribution in [1.29, 1.82) is 0 Å². The second-order valence-electron chi connectivity index (χ2n) is 5.69. The van der Waals surface area contributed by atoms with Crippen LogP contribution in [0.2, 0.25) is 0 Å². The van der Waals surface area contributed by atoms with Crippen molar-refractivity contribution in [1.82, 2.24) is 9.62 Å². The third-order valence-corrected chi connectivity index (χ3v) is 5.95. The minimum absolute atomic E-state index is 0.101. The molecule has 138 valence electrons. The van der Waals surface area contributed by atoms with E-state index in [0.717, 1.165) is 4.47 Å². The molecule has 0 aromatic heterocycles. The van der Waals surface area contributed by atoms with E-state index >= 15 is 0 Å². The molecule has 1 fully saturated rings. The molecule has 2 rings (SSSR count). The summed E-state index contributed by atoms with van der Waals surface area (Å²) in [5.74, 6) is -0.725. The zero-order chi connectivity index (χ0) is 18.4. The van der Waals surface area contributed by atoms with Crippen LogP contribution >= 0.6 is 15.9 Å². The molecule has 0 saturated carbocycles. The van der Waals surface area contributed by atoms with Gasteiger partial charge in [-0.15, -0.1) is 0 Å². The molecule has 1 aromatic rings. The number of esters is 1. The number of rotatable bonds is 6. The molecule has 1 aliphatic rings. The van der Waals surface area contributed by atoms with Crippen LogP contribution in [0.4, 0.5) is 0 Å². The molecule has 1 aromatic carbocycles. The zero-order valence-corrected chi connectivity index (χ0v) is 16.3. The van der Waals surface area contributed by atoms with E-state index in [4.69, 9.17) is 4.74 Å². The molecule has 0 bridgehead atoms. The van der Waals surface area contributed by atoms with E-state index < -0.39 is 10.0 Å². The van der Waals surface area contributed by atoms with E-state index in [9.17, 15) is 18.0 Å². The van der Waals surface area contributed by atoms with Crippen LogP contribution in [0.5, 0.6) is 0 Å². The lowest BCUT2D eigenvalue weighted by atomic mass is 9.97. The van der Waals surface area contributed by atoms with Crippen molar-refractivity contribution in [3.05, 3.63) is 28.7 Å². The molecule has 9 heteroatoms. The number of halogens is 1. The van der Waals surface area contributed by atoms with Crippen LogP contribution in [-0.2, 0) is 24.3 Å². The lowest BCUT2D eigenvalue weighted by Gasteiger charge is -2.30. The molecule has 0 spiro atoms. The lowest BCUT2D eigenvalue weighted by molar-refractivity contribution is -0.151.